The fourth-order valence-electron chi connectivity index (χ4n) is 2.49. The Kier molecular flexibility index (Phi) is 4.84. The Morgan fingerprint density at radius 2 is 1.44 bits per heavy atom. The summed E-state index contributed by atoms with van der Waals surface area (Å²) < 4.78 is 72.2. The van der Waals surface area contributed by atoms with Crippen LogP contribution in [0.2, 0.25) is 0 Å². The third-order valence-corrected chi connectivity index (χ3v) is 5.53. The number of sulfone groups is 1. The number of hydrogen-bond acceptors (Lipinski definition) is 4. The molecular weight excluding hydrogens is 379 g/mol. The Morgan fingerprint density at radius 3 is 2.04 bits per heavy atom. The van der Waals surface area contributed by atoms with Crippen LogP contribution in [0.1, 0.15) is 5.56 Å². The minimum absolute atomic E-state index is 0.101. The average Bonchev–Trinajstić information content (AvgIpc) is 2.63. The Hall–Kier alpha value is -3.00. The fourth-order valence-corrected chi connectivity index (χ4v) is 4.00. The van der Waals surface area contributed by atoms with Crippen molar-refractivity contribution in [2.75, 3.05) is 5.73 Å². The molecule has 0 atom stereocenters. The van der Waals surface area contributed by atoms with Gasteiger partial charge in [-0.25, -0.2) is 8.42 Å². The summed E-state index contributed by atoms with van der Waals surface area (Å²) in [6.45, 7) is 0. The molecule has 0 aliphatic carbocycles. The molecule has 0 aliphatic heterocycles. The van der Waals surface area contributed by atoms with Gasteiger partial charge in [0.2, 0.25) is 9.84 Å². The van der Waals surface area contributed by atoms with Crippen LogP contribution in [0.15, 0.2) is 82.6 Å². The Morgan fingerprint density at radius 1 is 0.815 bits per heavy atom. The number of ether oxygens (including phenoxy) is 1. The van der Waals surface area contributed by atoms with Gasteiger partial charge in [0, 0.05) is 5.69 Å². The van der Waals surface area contributed by atoms with Crippen LogP contribution in [0, 0.1) is 0 Å². The van der Waals surface area contributed by atoms with Gasteiger partial charge in [0.15, 0.2) is 0 Å². The summed E-state index contributed by atoms with van der Waals surface area (Å²) in [4.78, 5) is -1.10. The van der Waals surface area contributed by atoms with Crippen LogP contribution in [-0.4, -0.2) is 8.42 Å². The van der Waals surface area contributed by atoms with Gasteiger partial charge >= 0.3 is 6.18 Å². The highest BCUT2D eigenvalue weighted by Gasteiger charge is 2.41. The zero-order valence-electron chi connectivity index (χ0n) is 13.8. The summed E-state index contributed by atoms with van der Waals surface area (Å²) in [5.41, 5.74) is 4.61. The van der Waals surface area contributed by atoms with E-state index in [0.29, 0.717) is 5.69 Å². The SMILES string of the molecule is Nc1ccc(Oc2cccc(S(=O)(=O)c3ccccc3)c2C(F)(F)F)cc1. The van der Waals surface area contributed by atoms with Crippen LogP contribution >= 0.6 is 0 Å². The second kappa shape index (κ2) is 6.96. The van der Waals surface area contributed by atoms with E-state index in [9.17, 15) is 21.6 Å². The van der Waals surface area contributed by atoms with Gasteiger partial charge in [-0.1, -0.05) is 24.3 Å². The molecule has 0 saturated carbocycles. The highest BCUT2D eigenvalue weighted by atomic mass is 32.2. The van der Waals surface area contributed by atoms with Crippen molar-refractivity contribution < 1.29 is 26.3 Å². The molecule has 0 heterocycles. The number of hydrogen-bond donors (Lipinski definition) is 1. The lowest BCUT2D eigenvalue weighted by atomic mass is 10.2. The molecular formula is C19H14F3NO3S. The zero-order valence-corrected chi connectivity index (χ0v) is 14.6. The first kappa shape index (κ1) is 18.8. The Bertz CT molecular complexity index is 1050. The van der Waals surface area contributed by atoms with Crippen molar-refractivity contribution in [3.8, 4) is 11.5 Å². The first-order chi connectivity index (χ1) is 12.7. The van der Waals surface area contributed by atoms with Gasteiger partial charge in [0.1, 0.15) is 17.1 Å². The minimum Gasteiger partial charge on any atom is -0.457 e. The lowest BCUT2D eigenvalue weighted by molar-refractivity contribution is -0.140. The molecule has 0 spiro atoms. The van der Waals surface area contributed by atoms with Crippen molar-refractivity contribution in [2.24, 2.45) is 0 Å². The van der Waals surface area contributed by atoms with Gasteiger partial charge in [-0.2, -0.15) is 13.2 Å². The maximum Gasteiger partial charge on any atom is 0.421 e. The normalized spacial score (nSPS) is 12.0. The maximum absolute atomic E-state index is 13.8. The van der Waals surface area contributed by atoms with E-state index in [1.165, 1.54) is 54.6 Å². The van der Waals surface area contributed by atoms with E-state index >= 15 is 0 Å². The number of halogens is 3. The molecule has 0 fully saturated rings. The molecule has 0 amide bonds. The zero-order chi connectivity index (χ0) is 19.7. The molecule has 0 radical (unpaired) electrons. The number of rotatable bonds is 4. The maximum atomic E-state index is 13.8. The topological polar surface area (TPSA) is 69.4 Å². The summed E-state index contributed by atoms with van der Waals surface area (Å²) in [6.07, 6.45) is -4.94. The second-order valence-corrected chi connectivity index (χ2v) is 7.53. The summed E-state index contributed by atoms with van der Waals surface area (Å²) in [7, 11) is -4.39. The van der Waals surface area contributed by atoms with E-state index in [2.05, 4.69) is 0 Å². The summed E-state index contributed by atoms with van der Waals surface area (Å²) in [6, 6.07) is 15.9. The van der Waals surface area contributed by atoms with Crippen LogP contribution in [0.5, 0.6) is 11.5 Å². The molecule has 3 rings (SSSR count). The van der Waals surface area contributed by atoms with Crippen molar-refractivity contribution in [2.45, 2.75) is 16.0 Å². The summed E-state index contributed by atoms with van der Waals surface area (Å²) >= 11 is 0. The van der Waals surface area contributed by atoms with E-state index in [-0.39, 0.29) is 10.6 Å². The third-order valence-electron chi connectivity index (χ3n) is 3.72. The van der Waals surface area contributed by atoms with Crippen molar-refractivity contribution in [1.82, 2.24) is 0 Å². The second-order valence-electron chi connectivity index (χ2n) is 5.61. The largest absolute Gasteiger partial charge is 0.457 e. The van der Waals surface area contributed by atoms with Gasteiger partial charge in [-0.3, -0.25) is 0 Å². The number of anilines is 1. The van der Waals surface area contributed by atoms with E-state index in [1.807, 2.05) is 0 Å². The molecule has 140 valence electrons. The van der Waals surface area contributed by atoms with Crippen molar-refractivity contribution >= 4 is 15.5 Å². The molecule has 0 aliphatic rings. The molecule has 0 bridgehead atoms. The van der Waals surface area contributed by atoms with Gasteiger partial charge in [-0.15, -0.1) is 0 Å². The molecule has 3 aromatic carbocycles. The van der Waals surface area contributed by atoms with E-state index in [0.717, 1.165) is 12.1 Å². The van der Waals surface area contributed by atoms with Gasteiger partial charge in [-0.05, 0) is 48.5 Å². The number of alkyl halides is 3. The fraction of sp³-hybridized carbons (Fsp3) is 0.0526. The van der Waals surface area contributed by atoms with Crippen LogP contribution in [0.25, 0.3) is 0 Å². The Labute approximate surface area is 153 Å². The lowest BCUT2D eigenvalue weighted by Crippen LogP contribution is -2.15. The van der Waals surface area contributed by atoms with E-state index in [1.54, 1.807) is 6.07 Å². The predicted octanol–water partition coefficient (Wildman–Crippen LogP) is 4.91. The number of nitrogens with two attached hydrogens (primary N) is 1. The van der Waals surface area contributed by atoms with Gasteiger partial charge < -0.3 is 10.5 Å². The predicted molar refractivity (Wildman–Crippen MR) is 94.3 cm³/mol. The lowest BCUT2D eigenvalue weighted by Gasteiger charge is -2.18. The summed E-state index contributed by atoms with van der Waals surface area (Å²) in [5, 5.41) is 0. The third kappa shape index (κ3) is 3.90. The summed E-state index contributed by atoms with van der Waals surface area (Å²) in [5.74, 6) is -0.506. The average molecular weight is 393 g/mol. The highest BCUT2D eigenvalue weighted by Crippen LogP contribution is 2.43. The quantitative estimate of drug-likeness (QED) is 0.640. The van der Waals surface area contributed by atoms with Crippen LogP contribution in [-0.2, 0) is 16.0 Å². The monoisotopic (exact) mass is 393 g/mol. The van der Waals surface area contributed by atoms with Crippen molar-refractivity contribution in [3.05, 3.63) is 78.4 Å². The first-order valence-electron chi connectivity index (χ1n) is 7.73. The van der Waals surface area contributed by atoms with E-state index < -0.39 is 32.2 Å². The van der Waals surface area contributed by atoms with Gasteiger partial charge in [0.25, 0.3) is 0 Å². The highest BCUT2D eigenvalue weighted by molar-refractivity contribution is 7.91. The molecule has 2 N–H and O–H groups in total. The molecule has 8 heteroatoms. The van der Waals surface area contributed by atoms with Crippen LogP contribution in [0.4, 0.5) is 18.9 Å². The number of benzene rings is 3. The minimum atomic E-state index is -4.94. The molecule has 0 saturated heterocycles. The molecule has 3 aromatic rings. The first-order valence-corrected chi connectivity index (χ1v) is 9.21. The van der Waals surface area contributed by atoms with Gasteiger partial charge in [0.05, 0.1) is 9.79 Å². The smallest absolute Gasteiger partial charge is 0.421 e. The Balaban J connectivity index is 2.17. The molecule has 0 unspecified atom stereocenters. The van der Waals surface area contributed by atoms with Crippen LogP contribution in [0.3, 0.4) is 0 Å². The molecule has 0 aromatic heterocycles. The number of nitrogen functional groups attached to an aromatic ring is 1. The standard InChI is InChI=1S/C19H14F3NO3S/c20-19(21,22)18-16(26-14-11-9-13(23)10-12-14)7-4-8-17(18)27(24,25)15-5-2-1-3-6-15/h1-12H,23H2. The molecule has 4 nitrogen and oxygen atoms in total. The molecule has 27 heavy (non-hydrogen) atoms. The van der Waals surface area contributed by atoms with Crippen LogP contribution < -0.4 is 10.5 Å². The van der Waals surface area contributed by atoms with Crippen molar-refractivity contribution in [1.29, 1.82) is 0 Å². The van der Waals surface area contributed by atoms with Crippen molar-refractivity contribution in [3.63, 3.8) is 0 Å². The van der Waals surface area contributed by atoms with E-state index in [4.69, 9.17) is 10.5 Å².